The molecule has 20 heavy (non-hydrogen) atoms. The SMILES string of the molecule is Cc1noc(C)c1-c1ccc(S(=O)(=O)NCC(=O)O)s1. The molecule has 0 bridgehead atoms. The zero-order chi connectivity index (χ0) is 14.9. The highest BCUT2D eigenvalue weighted by Crippen LogP contribution is 2.34. The van der Waals surface area contributed by atoms with Gasteiger partial charge in [-0.15, -0.1) is 11.3 Å². The van der Waals surface area contributed by atoms with Crippen molar-refractivity contribution in [2.75, 3.05) is 6.54 Å². The van der Waals surface area contributed by atoms with Crippen molar-refractivity contribution in [2.24, 2.45) is 0 Å². The maximum Gasteiger partial charge on any atom is 0.318 e. The molecular formula is C11H12N2O5S2. The lowest BCUT2D eigenvalue weighted by Crippen LogP contribution is -2.28. The summed E-state index contributed by atoms with van der Waals surface area (Å²) in [7, 11) is -3.81. The summed E-state index contributed by atoms with van der Waals surface area (Å²) in [5.74, 6) is -0.636. The van der Waals surface area contributed by atoms with Crippen LogP contribution in [0.1, 0.15) is 11.5 Å². The molecule has 0 aromatic carbocycles. The predicted molar refractivity (Wildman–Crippen MR) is 72.1 cm³/mol. The van der Waals surface area contributed by atoms with Gasteiger partial charge in [0.15, 0.2) is 0 Å². The lowest BCUT2D eigenvalue weighted by molar-refractivity contribution is -0.135. The first-order valence-electron chi connectivity index (χ1n) is 5.56. The Bertz CT molecular complexity index is 725. The van der Waals surface area contributed by atoms with Gasteiger partial charge in [0.1, 0.15) is 16.5 Å². The van der Waals surface area contributed by atoms with E-state index in [9.17, 15) is 13.2 Å². The first kappa shape index (κ1) is 14.7. The van der Waals surface area contributed by atoms with Crippen LogP contribution in [-0.4, -0.2) is 31.2 Å². The van der Waals surface area contributed by atoms with Gasteiger partial charge in [-0.3, -0.25) is 4.79 Å². The second-order valence-electron chi connectivity index (χ2n) is 4.04. The molecule has 2 heterocycles. The topological polar surface area (TPSA) is 110 Å². The lowest BCUT2D eigenvalue weighted by atomic mass is 10.2. The Balaban J connectivity index is 2.32. The van der Waals surface area contributed by atoms with Crippen molar-refractivity contribution >= 4 is 27.3 Å². The number of carbonyl (C=O) groups is 1. The third-order valence-electron chi connectivity index (χ3n) is 2.54. The summed E-state index contributed by atoms with van der Waals surface area (Å²) in [6, 6.07) is 3.07. The molecule has 0 aliphatic rings. The van der Waals surface area contributed by atoms with Gasteiger partial charge in [0.25, 0.3) is 10.0 Å². The average molecular weight is 316 g/mol. The minimum Gasteiger partial charge on any atom is -0.480 e. The van der Waals surface area contributed by atoms with Gasteiger partial charge in [0, 0.05) is 4.88 Å². The number of hydrogen-bond acceptors (Lipinski definition) is 6. The molecule has 0 saturated carbocycles. The molecule has 0 fully saturated rings. The lowest BCUT2D eigenvalue weighted by Gasteiger charge is -2.00. The molecular weight excluding hydrogens is 304 g/mol. The summed E-state index contributed by atoms with van der Waals surface area (Å²) in [6.07, 6.45) is 0. The van der Waals surface area contributed by atoms with E-state index in [1.54, 1.807) is 19.9 Å². The van der Waals surface area contributed by atoms with Crippen LogP contribution in [0.15, 0.2) is 20.9 Å². The number of carboxylic acid groups (broad SMARTS) is 1. The summed E-state index contributed by atoms with van der Waals surface area (Å²) in [5, 5.41) is 12.3. The third-order valence-corrected chi connectivity index (χ3v) is 5.54. The molecule has 2 N–H and O–H groups in total. The van der Waals surface area contributed by atoms with Gasteiger partial charge in [-0.25, -0.2) is 8.42 Å². The van der Waals surface area contributed by atoms with Crippen molar-refractivity contribution in [2.45, 2.75) is 18.1 Å². The van der Waals surface area contributed by atoms with E-state index in [4.69, 9.17) is 9.63 Å². The van der Waals surface area contributed by atoms with Crippen LogP contribution in [0.25, 0.3) is 10.4 Å². The van der Waals surface area contributed by atoms with Crippen molar-refractivity contribution < 1.29 is 22.8 Å². The molecule has 0 unspecified atom stereocenters. The number of aryl methyl sites for hydroxylation is 2. The number of hydrogen-bond donors (Lipinski definition) is 2. The van der Waals surface area contributed by atoms with Crippen molar-refractivity contribution in [3.05, 3.63) is 23.6 Å². The number of nitrogens with zero attached hydrogens (tertiary/aromatic N) is 1. The largest absolute Gasteiger partial charge is 0.480 e. The van der Waals surface area contributed by atoms with Crippen LogP contribution in [0.2, 0.25) is 0 Å². The van der Waals surface area contributed by atoms with Gasteiger partial charge in [-0.1, -0.05) is 5.16 Å². The van der Waals surface area contributed by atoms with E-state index in [1.165, 1.54) is 6.07 Å². The Hall–Kier alpha value is -1.71. The monoisotopic (exact) mass is 316 g/mol. The summed E-state index contributed by atoms with van der Waals surface area (Å²) < 4.78 is 30.9. The number of thiophene rings is 1. The molecule has 9 heteroatoms. The molecule has 7 nitrogen and oxygen atoms in total. The second-order valence-corrected chi connectivity index (χ2v) is 7.11. The summed E-state index contributed by atoms with van der Waals surface area (Å²) in [6.45, 7) is 2.86. The average Bonchev–Trinajstić information content (AvgIpc) is 2.95. The van der Waals surface area contributed by atoms with Gasteiger partial charge >= 0.3 is 5.97 Å². The van der Waals surface area contributed by atoms with Gasteiger partial charge in [0.2, 0.25) is 0 Å². The quantitative estimate of drug-likeness (QED) is 0.862. The van der Waals surface area contributed by atoms with Crippen LogP contribution in [0.4, 0.5) is 0 Å². The molecule has 0 atom stereocenters. The van der Waals surface area contributed by atoms with E-state index in [0.717, 1.165) is 16.9 Å². The minimum atomic E-state index is -3.81. The summed E-state index contributed by atoms with van der Waals surface area (Å²) in [5.41, 5.74) is 1.43. The third kappa shape index (κ3) is 2.89. The zero-order valence-corrected chi connectivity index (χ0v) is 12.3. The number of aromatic nitrogens is 1. The molecule has 0 amide bonds. The highest BCUT2D eigenvalue weighted by molar-refractivity contribution is 7.91. The molecule has 2 aromatic rings. The van der Waals surface area contributed by atoms with E-state index >= 15 is 0 Å². The number of nitrogens with one attached hydrogen (secondary N) is 1. The number of rotatable bonds is 5. The van der Waals surface area contributed by atoms with E-state index in [0.29, 0.717) is 16.3 Å². The molecule has 2 rings (SSSR count). The fraction of sp³-hybridized carbons (Fsp3) is 0.273. The second kappa shape index (κ2) is 5.35. The van der Waals surface area contributed by atoms with E-state index in [2.05, 4.69) is 5.16 Å². The van der Waals surface area contributed by atoms with Crippen LogP contribution in [-0.2, 0) is 14.8 Å². The van der Waals surface area contributed by atoms with Crippen molar-refractivity contribution in [3.63, 3.8) is 0 Å². The zero-order valence-electron chi connectivity index (χ0n) is 10.7. The van der Waals surface area contributed by atoms with Crippen LogP contribution >= 0.6 is 11.3 Å². The Kier molecular flexibility index (Phi) is 3.93. The van der Waals surface area contributed by atoms with Gasteiger partial charge in [0.05, 0.1) is 11.3 Å². The standard InChI is InChI=1S/C11H12N2O5S2/c1-6-11(7(2)18-13-6)8-3-4-10(19-8)20(16,17)12-5-9(14)15/h3-4,12H,5H2,1-2H3,(H,14,15). The minimum absolute atomic E-state index is 0.0498. The number of aliphatic carboxylic acids is 1. The molecule has 0 spiro atoms. The Morgan fingerprint density at radius 2 is 2.15 bits per heavy atom. The molecule has 0 radical (unpaired) electrons. The van der Waals surface area contributed by atoms with Crippen molar-refractivity contribution in [1.29, 1.82) is 0 Å². The van der Waals surface area contributed by atoms with E-state index < -0.39 is 22.5 Å². The predicted octanol–water partition coefficient (Wildman–Crippen LogP) is 1.38. The first-order valence-corrected chi connectivity index (χ1v) is 7.86. The van der Waals surface area contributed by atoms with Crippen molar-refractivity contribution in [3.8, 4) is 10.4 Å². The summed E-state index contributed by atoms with van der Waals surface area (Å²) >= 11 is 1.03. The van der Waals surface area contributed by atoms with Crippen LogP contribution in [0.5, 0.6) is 0 Å². The maximum absolute atomic E-state index is 11.9. The fourth-order valence-electron chi connectivity index (χ4n) is 1.66. The number of sulfonamides is 1. The Labute approximate surface area is 119 Å². The van der Waals surface area contributed by atoms with Gasteiger partial charge in [-0.05, 0) is 26.0 Å². The first-order chi connectivity index (χ1) is 9.31. The maximum atomic E-state index is 11.9. The van der Waals surface area contributed by atoms with Crippen LogP contribution in [0.3, 0.4) is 0 Å². The fourth-order valence-corrected chi connectivity index (χ4v) is 4.13. The molecule has 108 valence electrons. The smallest absolute Gasteiger partial charge is 0.318 e. The Morgan fingerprint density at radius 3 is 2.70 bits per heavy atom. The number of carboxylic acids is 1. The highest BCUT2D eigenvalue weighted by Gasteiger charge is 2.20. The highest BCUT2D eigenvalue weighted by atomic mass is 32.2. The van der Waals surface area contributed by atoms with Crippen LogP contribution < -0.4 is 4.72 Å². The van der Waals surface area contributed by atoms with Gasteiger partial charge in [-0.2, -0.15) is 4.72 Å². The molecule has 0 aliphatic heterocycles. The molecule has 2 aromatic heterocycles. The van der Waals surface area contributed by atoms with Gasteiger partial charge < -0.3 is 9.63 Å². The molecule has 0 saturated heterocycles. The van der Waals surface area contributed by atoms with E-state index in [-0.39, 0.29) is 4.21 Å². The van der Waals surface area contributed by atoms with Crippen molar-refractivity contribution in [1.82, 2.24) is 9.88 Å². The molecule has 0 aliphatic carbocycles. The van der Waals surface area contributed by atoms with E-state index in [1.807, 2.05) is 4.72 Å². The normalized spacial score (nSPS) is 11.7. The summed E-state index contributed by atoms with van der Waals surface area (Å²) in [4.78, 5) is 11.1. The Morgan fingerprint density at radius 1 is 1.45 bits per heavy atom. The van der Waals surface area contributed by atoms with Crippen LogP contribution in [0, 0.1) is 13.8 Å².